The molecule has 118 valence electrons. The van der Waals surface area contributed by atoms with E-state index in [0.717, 1.165) is 12.1 Å². The van der Waals surface area contributed by atoms with Crippen molar-refractivity contribution < 1.29 is 33.9 Å². The van der Waals surface area contributed by atoms with Crippen LogP contribution in [0.15, 0.2) is 34.1 Å². The molecular formula is C10H9F4NO4S2. The lowest BCUT2D eigenvalue weighted by Gasteiger charge is -2.20. The SMILES string of the molecule is O=S(=O)(F)c1ccc(S(=O)(=O)NC2(C(F)(F)F)CC2)cc1. The molecular weight excluding hydrogens is 338 g/mol. The zero-order valence-electron chi connectivity index (χ0n) is 10.2. The number of hydrogen-bond acceptors (Lipinski definition) is 4. The van der Waals surface area contributed by atoms with E-state index < -0.39 is 41.8 Å². The highest BCUT2D eigenvalue weighted by molar-refractivity contribution is 7.89. The van der Waals surface area contributed by atoms with E-state index in [1.165, 1.54) is 0 Å². The Morgan fingerprint density at radius 1 is 0.952 bits per heavy atom. The fraction of sp³-hybridized carbons (Fsp3) is 0.400. The molecule has 1 aliphatic carbocycles. The molecule has 5 nitrogen and oxygen atoms in total. The van der Waals surface area contributed by atoms with Crippen molar-refractivity contribution in [1.29, 1.82) is 0 Å². The van der Waals surface area contributed by atoms with Gasteiger partial charge in [-0.15, -0.1) is 3.89 Å². The monoisotopic (exact) mass is 347 g/mol. The predicted octanol–water partition coefficient (Wildman–Crippen LogP) is 1.72. The largest absolute Gasteiger partial charge is 0.407 e. The Balaban J connectivity index is 2.29. The van der Waals surface area contributed by atoms with E-state index in [1.54, 1.807) is 4.72 Å². The van der Waals surface area contributed by atoms with Gasteiger partial charge in [-0.3, -0.25) is 0 Å². The molecule has 0 bridgehead atoms. The normalized spacial score (nSPS) is 18.5. The lowest BCUT2D eigenvalue weighted by Crippen LogP contribution is -2.47. The van der Waals surface area contributed by atoms with Gasteiger partial charge in [-0.05, 0) is 37.1 Å². The molecule has 0 atom stereocenters. The summed E-state index contributed by atoms with van der Waals surface area (Å²) in [6, 6.07) is 2.77. The maximum Gasteiger partial charge on any atom is 0.407 e. The van der Waals surface area contributed by atoms with Crippen molar-refractivity contribution in [3.8, 4) is 0 Å². The number of sulfonamides is 1. The number of rotatable bonds is 4. The Morgan fingerprint density at radius 3 is 1.71 bits per heavy atom. The summed E-state index contributed by atoms with van der Waals surface area (Å²) in [6.45, 7) is 0. The van der Waals surface area contributed by atoms with E-state index in [0.29, 0.717) is 12.1 Å². The van der Waals surface area contributed by atoms with Gasteiger partial charge in [-0.1, -0.05) is 0 Å². The highest BCUT2D eigenvalue weighted by Crippen LogP contribution is 2.49. The summed E-state index contributed by atoms with van der Waals surface area (Å²) in [7, 11) is -9.49. The molecule has 1 saturated carbocycles. The molecule has 0 radical (unpaired) electrons. The van der Waals surface area contributed by atoms with E-state index in [2.05, 4.69) is 0 Å². The second kappa shape index (κ2) is 4.65. The first-order valence-electron chi connectivity index (χ1n) is 5.53. The van der Waals surface area contributed by atoms with Crippen molar-refractivity contribution in [1.82, 2.24) is 4.72 Å². The zero-order valence-corrected chi connectivity index (χ0v) is 11.8. The van der Waals surface area contributed by atoms with Gasteiger partial charge >= 0.3 is 16.4 Å². The lowest BCUT2D eigenvalue weighted by atomic mass is 10.3. The van der Waals surface area contributed by atoms with Gasteiger partial charge < -0.3 is 0 Å². The molecule has 1 aromatic carbocycles. The third-order valence-corrected chi connectivity index (χ3v) is 5.43. The molecule has 0 unspecified atom stereocenters. The smallest absolute Gasteiger partial charge is 0.207 e. The third kappa shape index (κ3) is 3.19. The van der Waals surface area contributed by atoms with E-state index in [-0.39, 0.29) is 12.8 Å². The second-order valence-corrected chi connectivity index (χ2v) is 7.62. The second-order valence-electron chi connectivity index (χ2n) is 4.59. The van der Waals surface area contributed by atoms with Crippen LogP contribution in [0.5, 0.6) is 0 Å². The number of benzene rings is 1. The molecule has 0 aromatic heterocycles. The molecule has 0 aliphatic heterocycles. The van der Waals surface area contributed by atoms with Gasteiger partial charge in [0, 0.05) is 0 Å². The van der Waals surface area contributed by atoms with Crippen LogP contribution in [0.3, 0.4) is 0 Å². The minimum Gasteiger partial charge on any atom is -0.207 e. The topological polar surface area (TPSA) is 80.3 Å². The Kier molecular flexibility index (Phi) is 3.58. The van der Waals surface area contributed by atoms with Crippen molar-refractivity contribution in [2.75, 3.05) is 0 Å². The summed E-state index contributed by atoms with van der Waals surface area (Å²) in [5.74, 6) is 0. The summed E-state index contributed by atoms with van der Waals surface area (Å²) < 4.78 is 97.2. The number of hydrogen-bond donors (Lipinski definition) is 1. The number of alkyl halides is 3. The van der Waals surface area contributed by atoms with Crippen LogP contribution in [-0.4, -0.2) is 28.6 Å². The van der Waals surface area contributed by atoms with E-state index in [9.17, 15) is 33.9 Å². The summed E-state index contributed by atoms with van der Waals surface area (Å²) in [5.41, 5.74) is -2.48. The van der Waals surface area contributed by atoms with Gasteiger partial charge in [-0.25, -0.2) is 8.42 Å². The maximum absolute atomic E-state index is 12.7. The first kappa shape index (κ1) is 16.2. The van der Waals surface area contributed by atoms with Gasteiger partial charge in [0.15, 0.2) is 0 Å². The molecule has 11 heteroatoms. The van der Waals surface area contributed by atoms with Crippen LogP contribution in [0.1, 0.15) is 12.8 Å². The van der Waals surface area contributed by atoms with Crippen LogP contribution < -0.4 is 4.72 Å². The average molecular weight is 347 g/mol. The molecule has 1 N–H and O–H groups in total. The minimum absolute atomic E-state index is 0.368. The maximum atomic E-state index is 12.7. The Bertz CT molecular complexity index is 749. The van der Waals surface area contributed by atoms with Gasteiger partial charge in [-0.2, -0.15) is 26.3 Å². The molecule has 0 spiro atoms. The van der Waals surface area contributed by atoms with Gasteiger partial charge in [0.25, 0.3) is 0 Å². The fourth-order valence-electron chi connectivity index (χ4n) is 1.67. The summed E-state index contributed by atoms with van der Waals surface area (Å²) >= 11 is 0. The highest BCUT2D eigenvalue weighted by Gasteiger charge is 2.65. The molecule has 1 fully saturated rings. The van der Waals surface area contributed by atoms with Crippen molar-refractivity contribution in [3.63, 3.8) is 0 Å². The Labute approximate surface area is 118 Å². The fourth-order valence-corrected chi connectivity index (χ4v) is 3.57. The molecule has 0 amide bonds. The molecule has 1 aliphatic rings. The van der Waals surface area contributed by atoms with Crippen LogP contribution >= 0.6 is 0 Å². The van der Waals surface area contributed by atoms with Crippen molar-refractivity contribution in [3.05, 3.63) is 24.3 Å². The lowest BCUT2D eigenvalue weighted by molar-refractivity contribution is -0.160. The molecule has 21 heavy (non-hydrogen) atoms. The molecule has 0 heterocycles. The van der Waals surface area contributed by atoms with Gasteiger partial charge in [0.1, 0.15) is 5.54 Å². The predicted molar refractivity (Wildman–Crippen MR) is 63.1 cm³/mol. The zero-order chi connectivity index (χ0) is 16.1. The Morgan fingerprint density at radius 2 is 1.38 bits per heavy atom. The van der Waals surface area contributed by atoms with Crippen LogP contribution in [-0.2, 0) is 20.2 Å². The van der Waals surface area contributed by atoms with Crippen molar-refractivity contribution >= 4 is 20.2 Å². The van der Waals surface area contributed by atoms with Crippen LogP contribution in [0, 0.1) is 0 Å². The summed E-state index contributed by atoms with van der Waals surface area (Å²) in [5, 5.41) is 0. The standard InChI is InChI=1S/C10H9F4NO4S2/c11-10(12,13)9(5-6-9)15-21(18,19)8-3-1-7(2-4-8)20(14,16)17/h1-4,15H,5-6H2. The van der Waals surface area contributed by atoms with Crippen LogP contribution in [0.25, 0.3) is 0 Å². The molecule has 0 saturated heterocycles. The molecule has 1 aromatic rings. The third-order valence-electron chi connectivity index (χ3n) is 3.04. The number of halogens is 4. The summed E-state index contributed by atoms with van der Waals surface area (Å²) in [6.07, 6.45) is -5.46. The average Bonchev–Trinajstić information content (AvgIpc) is 3.08. The Hall–Kier alpha value is -1.20. The quantitative estimate of drug-likeness (QED) is 0.664. The van der Waals surface area contributed by atoms with Crippen LogP contribution in [0.2, 0.25) is 0 Å². The number of nitrogens with one attached hydrogen (secondary N) is 1. The van der Waals surface area contributed by atoms with Gasteiger partial charge in [0.05, 0.1) is 9.79 Å². The van der Waals surface area contributed by atoms with Crippen molar-refractivity contribution in [2.45, 2.75) is 34.3 Å². The first-order valence-corrected chi connectivity index (χ1v) is 8.40. The highest BCUT2D eigenvalue weighted by atomic mass is 32.3. The van der Waals surface area contributed by atoms with Gasteiger partial charge in [0.2, 0.25) is 10.0 Å². The van der Waals surface area contributed by atoms with E-state index in [4.69, 9.17) is 0 Å². The van der Waals surface area contributed by atoms with E-state index >= 15 is 0 Å². The first-order chi connectivity index (χ1) is 9.37. The van der Waals surface area contributed by atoms with Crippen LogP contribution in [0.4, 0.5) is 17.1 Å². The molecule has 2 rings (SSSR count). The van der Waals surface area contributed by atoms with E-state index in [1.807, 2.05) is 0 Å². The summed E-state index contributed by atoms with van der Waals surface area (Å²) in [4.78, 5) is -1.36. The van der Waals surface area contributed by atoms with Crippen molar-refractivity contribution in [2.24, 2.45) is 0 Å². The minimum atomic E-state index is -5.01.